The molecule has 94 valence electrons. The first-order valence-electron chi connectivity index (χ1n) is 5.71. The van der Waals surface area contributed by atoms with Crippen molar-refractivity contribution in [3.05, 3.63) is 24.0 Å². The van der Waals surface area contributed by atoms with Crippen LogP contribution in [-0.4, -0.2) is 31.7 Å². The fourth-order valence-corrected chi connectivity index (χ4v) is 2.51. The van der Waals surface area contributed by atoms with Crippen molar-refractivity contribution >= 4 is 15.7 Å². The van der Waals surface area contributed by atoms with Gasteiger partial charge in [0.1, 0.15) is 0 Å². The molecule has 1 aliphatic rings. The van der Waals surface area contributed by atoms with Crippen molar-refractivity contribution in [3.8, 4) is 0 Å². The van der Waals surface area contributed by atoms with Crippen LogP contribution in [0.25, 0.3) is 0 Å². The van der Waals surface area contributed by atoms with Gasteiger partial charge < -0.3 is 5.32 Å². The lowest BCUT2D eigenvalue weighted by molar-refractivity contribution is 0.595. The Morgan fingerprint density at radius 1 is 1.47 bits per heavy atom. The molecule has 0 spiro atoms. The first kappa shape index (κ1) is 12.3. The summed E-state index contributed by atoms with van der Waals surface area (Å²) in [7, 11) is -3.28. The second-order valence-electron chi connectivity index (χ2n) is 4.34. The van der Waals surface area contributed by atoms with Gasteiger partial charge >= 0.3 is 0 Å². The Hall–Kier alpha value is -1.14. The predicted octanol–water partition coefficient (Wildman–Crippen LogP) is 0.884. The SMILES string of the molecule is Cc1ccncc1NS(=O)(=O)CCNC1CC1. The summed E-state index contributed by atoms with van der Waals surface area (Å²) in [5.41, 5.74) is 1.43. The maximum atomic E-state index is 11.8. The standard InChI is InChI=1S/C11H17N3O2S/c1-9-4-5-12-8-11(9)14-17(15,16)7-6-13-10-2-3-10/h4-5,8,10,13-14H,2-3,6-7H2,1H3. The maximum absolute atomic E-state index is 11.8. The number of nitrogens with one attached hydrogen (secondary N) is 2. The van der Waals surface area contributed by atoms with E-state index in [4.69, 9.17) is 0 Å². The second-order valence-corrected chi connectivity index (χ2v) is 6.18. The average molecular weight is 255 g/mol. The Morgan fingerprint density at radius 2 is 2.24 bits per heavy atom. The highest BCUT2D eigenvalue weighted by Gasteiger charge is 2.21. The van der Waals surface area contributed by atoms with E-state index in [2.05, 4.69) is 15.0 Å². The minimum absolute atomic E-state index is 0.0951. The molecule has 0 atom stereocenters. The van der Waals surface area contributed by atoms with Crippen molar-refractivity contribution in [2.75, 3.05) is 17.0 Å². The van der Waals surface area contributed by atoms with Crippen LogP contribution in [0, 0.1) is 6.92 Å². The molecule has 1 aromatic rings. The Kier molecular flexibility index (Phi) is 3.63. The Balaban J connectivity index is 1.89. The molecule has 0 aliphatic heterocycles. The zero-order chi connectivity index (χ0) is 12.3. The molecule has 0 radical (unpaired) electrons. The summed E-state index contributed by atoms with van der Waals surface area (Å²) >= 11 is 0. The van der Waals surface area contributed by atoms with Crippen LogP contribution in [0.15, 0.2) is 18.5 Å². The van der Waals surface area contributed by atoms with E-state index in [0.29, 0.717) is 18.3 Å². The molecule has 1 heterocycles. The molecule has 6 heteroatoms. The van der Waals surface area contributed by atoms with E-state index in [-0.39, 0.29) is 5.75 Å². The number of hydrogen-bond acceptors (Lipinski definition) is 4. The third-order valence-corrected chi connectivity index (χ3v) is 3.96. The molecule has 0 saturated heterocycles. The monoisotopic (exact) mass is 255 g/mol. The molecule has 1 aromatic heterocycles. The smallest absolute Gasteiger partial charge is 0.234 e. The lowest BCUT2D eigenvalue weighted by Crippen LogP contribution is -2.28. The zero-order valence-corrected chi connectivity index (χ0v) is 10.6. The van der Waals surface area contributed by atoms with Crippen LogP contribution in [0.2, 0.25) is 0 Å². The quantitative estimate of drug-likeness (QED) is 0.791. The average Bonchev–Trinajstić information content (AvgIpc) is 3.05. The van der Waals surface area contributed by atoms with Gasteiger partial charge in [0.25, 0.3) is 0 Å². The third kappa shape index (κ3) is 3.98. The van der Waals surface area contributed by atoms with E-state index < -0.39 is 10.0 Å². The number of aromatic nitrogens is 1. The van der Waals surface area contributed by atoms with Gasteiger partial charge in [-0.3, -0.25) is 9.71 Å². The number of rotatable bonds is 6. The van der Waals surface area contributed by atoms with Crippen molar-refractivity contribution in [3.63, 3.8) is 0 Å². The molecule has 0 bridgehead atoms. The third-order valence-electron chi connectivity index (χ3n) is 2.69. The molecule has 1 fully saturated rings. The summed E-state index contributed by atoms with van der Waals surface area (Å²) in [5, 5.41) is 3.18. The topological polar surface area (TPSA) is 71.1 Å². The van der Waals surface area contributed by atoms with Crippen LogP contribution >= 0.6 is 0 Å². The van der Waals surface area contributed by atoms with E-state index in [1.54, 1.807) is 12.3 Å². The van der Waals surface area contributed by atoms with E-state index in [1.165, 1.54) is 6.20 Å². The van der Waals surface area contributed by atoms with E-state index in [1.807, 2.05) is 6.92 Å². The van der Waals surface area contributed by atoms with Crippen LogP contribution in [0.1, 0.15) is 18.4 Å². The molecule has 0 aromatic carbocycles. The Bertz CT molecular complexity index is 483. The molecule has 5 nitrogen and oxygen atoms in total. The van der Waals surface area contributed by atoms with E-state index in [9.17, 15) is 8.42 Å². The zero-order valence-electron chi connectivity index (χ0n) is 9.81. The molecule has 0 amide bonds. The summed E-state index contributed by atoms with van der Waals surface area (Å²) in [6.07, 6.45) is 5.49. The van der Waals surface area contributed by atoms with Gasteiger partial charge in [0.2, 0.25) is 10.0 Å². The fourth-order valence-electron chi connectivity index (χ4n) is 1.47. The number of anilines is 1. The molecular weight excluding hydrogens is 238 g/mol. The van der Waals surface area contributed by atoms with Gasteiger partial charge in [-0.25, -0.2) is 8.42 Å². The Labute approximate surface area is 102 Å². The lowest BCUT2D eigenvalue weighted by Gasteiger charge is -2.10. The van der Waals surface area contributed by atoms with E-state index in [0.717, 1.165) is 18.4 Å². The van der Waals surface area contributed by atoms with Gasteiger partial charge in [-0.2, -0.15) is 0 Å². The van der Waals surface area contributed by atoms with Crippen molar-refractivity contribution in [1.82, 2.24) is 10.3 Å². The lowest BCUT2D eigenvalue weighted by atomic mass is 10.3. The number of pyridine rings is 1. The van der Waals surface area contributed by atoms with Crippen LogP contribution in [0.4, 0.5) is 5.69 Å². The molecule has 17 heavy (non-hydrogen) atoms. The highest BCUT2D eigenvalue weighted by molar-refractivity contribution is 7.92. The van der Waals surface area contributed by atoms with Crippen LogP contribution < -0.4 is 10.0 Å². The molecular formula is C11H17N3O2S. The van der Waals surface area contributed by atoms with Crippen LogP contribution in [-0.2, 0) is 10.0 Å². The highest BCUT2D eigenvalue weighted by atomic mass is 32.2. The molecule has 1 aliphatic carbocycles. The number of nitrogens with zero attached hydrogens (tertiary/aromatic N) is 1. The second kappa shape index (κ2) is 5.01. The minimum Gasteiger partial charge on any atom is -0.313 e. The van der Waals surface area contributed by atoms with Gasteiger partial charge in [0.15, 0.2) is 0 Å². The summed E-state index contributed by atoms with van der Waals surface area (Å²) in [6, 6.07) is 2.31. The summed E-state index contributed by atoms with van der Waals surface area (Å²) in [5.74, 6) is 0.0951. The highest BCUT2D eigenvalue weighted by Crippen LogP contribution is 2.18. The van der Waals surface area contributed by atoms with Crippen LogP contribution in [0.3, 0.4) is 0 Å². The van der Waals surface area contributed by atoms with Crippen molar-refractivity contribution in [2.45, 2.75) is 25.8 Å². The fraction of sp³-hybridized carbons (Fsp3) is 0.545. The summed E-state index contributed by atoms with van der Waals surface area (Å²) < 4.78 is 26.1. The van der Waals surface area contributed by atoms with Crippen molar-refractivity contribution in [1.29, 1.82) is 0 Å². The molecule has 2 N–H and O–H groups in total. The van der Waals surface area contributed by atoms with E-state index >= 15 is 0 Å². The molecule has 1 saturated carbocycles. The van der Waals surface area contributed by atoms with Crippen LogP contribution in [0.5, 0.6) is 0 Å². The largest absolute Gasteiger partial charge is 0.313 e. The Morgan fingerprint density at radius 3 is 2.88 bits per heavy atom. The number of aryl methyl sites for hydroxylation is 1. The minimum atomic E-state index is -3.28. The van der Waals surface area contributed by atoms with Gasteiger partial charge in [-0.05, 0) is 31.4 Å². The molecule has 0 unspecified atom stereocenters. The van der Waals surface area contributed by atoms with Crippen molar-refractivity contribution < 1.29 is 8.42 Å². The first-order valence-corrected chi connectivity index (χ1v) is 7.36. The van der Waals surface area contributed by atoms with Gasteiger partial charge in [-0.1, -0.05) is 0 Å². The first-order chi connectivity index (χ1) is 8.07. The maximum Gasteiger partial charge on any atom is 0.234 e. The number of hydrogen-bond donors (Lipinski definition) is 2. The molecule has 2 rings (SSSR count). The van der Waals surface area contributed by atoms with Gasteiger partial charge in [-0.15, -0.1) is 0 Å². The van der Waals surface area contributed by atoms with Gasteiger partial charge in [0.05, 0.1) is 17.6 Å². The van der Waals surface area contributed by atoms with Gasteiger partial charge in [0, 0.05) is 18.8 Å². The van der Waals surface area contributed by atoms with Crippen molar-refractivity contribution in [2.24, 2.45) is 0 Å². The predicted molar refractivity (Wildman–Crippen MR) is 67.4 cm³/mol. The number of sulfonamides is 1. The summed E-state index contributed by atoms with van der Waals surface area (Å²) in [6.45, 7) is 2.35. The summed E-state index contributed by atoms with van der Waals surface area (Å²) in [4.78, 5) is 3.91. The normalized spacial score (nSPS) is 15.8.